The molecule has 1 aliphatic heterocycles. The van der Waals surface area contributed by atoms with Gasteiger partial charge in [0.2, 0.25) is 0 Å². The van der Waals surface area contributed by atoms with Gasteiger partial charge in [-0.05, 0) is 63.6 Å². The number of benzene rings is 1. The number of nitrogens with two attached hydrogens (primary N) is 1. The van der Waals surface area contributed by atoms with Crippen LogP contribution in [0.15, 0.2) is 53.1 Å². The largest absolute Gasteiger partial charge is 0.490 e. The Labute approximate surface area is 198 Å². The summed E-state index contributed by atoms with van der Waals surface area (Å²) >= 11 is 0. The van der Waals surface area contributed by atoms with E-state index in [0.29, 0.717) is 28.3 Å². The van der Waals surface area contributed by atoms with Crippen LogP contribution in [-0.4, -0.2) is 41.9 Å². The Morgan fingerprint density at radius 1 is 1.18 bits per heavy atom. The molecule has 3 N–H and O–H groups in total. The molecule has 4 rings (SSSR count). The molecule has 0 radical (unpaired) electrons. The van der Waals surface area contributed by atoms with Gasteiger partial charge in [0, 0.05) is 23.1 Å². The van der Waals surface area contributed by atoms with E-state index in [1.165, 1.54) is 0 Å². The molecule has 1 aliphatic rings. The summed E-state index contributed by atoms with van der Waals surface area (Å²) in [6, 6.07) is 12.5. The Hall–Kier alpha value is -3.66. The number of carbonyl (C=O) groups excluding carboxylic acids is 1. The summed E-state index contributed by atoms with van der Waals surface area (Å²) < 4.78 is 35.3. The number of amidine groups is 1. The second kappa shape index (κ2) is 8.60. The normalized spacial score (nSPS) is 14.8. The number of hydrogen-bond donors (Lipinski definition) is 2. The van der Waals surface area contributed by atoms with Crippen molar-refractivity contribution >= 4 is 21.8 Å². The van der Waals surface area contributed by atoms with Crippen LogP contribution in [0, 0.1) is 13.8 Å². The highest BCUT2D eigenvalue weighted by atomic mass is 32.2. The number of sulfonamides is 1. The number of amides is 1. The van der Waals surface area contributed by atoms with E-state index >= 15 is 0 Å². The van der Waals surface area contributed by atoms with Crippen molar-refractivity contribution in [3.05, 3.63) is 76.7 Å². The summed E-state index contributed by atoms with van der Waals surface area (Å²) in [5.41, 5.74) is 8.70. The summed E-state index contributed by atoms with van der Waals surface area (Å²) in [7, 11) is -3.63. The number of carbonyl (C=O) groups is 1. The van der Waals surface area contributed by atoms with Gasteiger partial charge in [-0.25, -0.2) is 13.4 Å². The van der Waals surface area contributed by atoms with E-state index in [2.05, 4.69) is 14.7 Å². The number of fused-ring (bicyclic) bond motifs is 1. The molecule has 34 heavy (non-hydrogen) atoms. The van der Waals surface area contributed by atoms with Gasteiger partial charge in [0.25, 0.3) is 15.9 Å². The molecule has 1 aromatic carbocycles. The van der Waals surface area contributed by atoms with Crippen molar-refractivity contribution < 1.29 is 17.9 Å². The highest BCUT2D eigenvalue weighted by molar-refractivity contribution is 7.89. The van der Waals surface area contributed by atoms with Gasteiger partial charge in [0.15, 0.2) is 0 Å². The van der Waals surface area contributed by atoms with E-state index in [1.807, 2.05) is 44.4 Å². The third kappa shape index (κ3) is 4.81. The zero-order valence-electron chi connectivity index (χ0n) is 19.5. The predicted molar refractivity (Wildman–Crippen MR) is 130 cm³/mol. The SMILES string of the molecule is Cc1ccc(C)n1-c1cc(C(=O)NC(C)(C)COc2cccc3c2C(N)=NS(=O)(=O)C3)ccn1. The van der Waals surface area contributed by atoms with Crippen LogP contribution in [-0.2, 0) is 15.8 Å². The van der Waals surface area contributed by atoms with Crippen LogP contribution in [0.1, 0.15) is 46.7 Å². The smallest absolute Gasteiger partial charge is 0.259 e. The van der Waals surface area contributed by atoms with Gasteiger partial charge in [0.05, 0.1) is 16.9 Å². The Balaban J connectivity index is 1.49. The third-order valence-electron chi connectivity index (χ3n) is 5.49. The van der Waals surface area contributed by atoms with Crippen LogP contribution in [0.4, 0.5) is 0 Å². The van der Waals surface area contributed by atoms with Crippen molar-refractivity contribution in [2.24, 2.45) is 10.1 Å². The Morgan fingerprint density at radius 3 is 2.59 bits per heavy atom. The fourth-order valence-electron chi connectivity index (χ4n) is 3.92. The van der Waals surface area contributed by atoms with Gasteiger partial charge >= 0.3 is 0 Å². The van der Waals surface area contributed by atoms with Crippen molar-refractivity contribution in [2.45, 2.75) is 39.0 Å². The lowest BCUT2D eigenvalue weighted by Crippen LogP contribution is -2.48. The summed E-state index contributed by atoms with van der Waals surface area (Å²) in [6.45, 7) is 7.77. The average molecular weight is 482 g/mol. The minimum Gasteiger partial charge on any atom is -0.490 e. The topological polar surface area (TPSA) is 129 Å². The number of hydrogen-bond acceptors (Lipinski definition) is 6. The molecule has 10 heteroatoms. The van der Waals surface area contributed by atoms with E-state index in [4.69, 9.17) is 10.5 Å². The molecule has 0 bridgehead atoms. The molecule has 3 heterocycles. The molecule has 2 aromatic heterocycles. The lowest BCUT2D eigenvalue weighted by atomic mass is 10.0. The molecule has 0 saturated heterocycles. The van der Waals surface area contributed by atoms with Gasteiger partial charge < -0.3 is 20.4 Å². The van der Waals surface area contributed by atoms with E-state index < -0.39 is 15.6 Å². The average Bonchev–Trinajstić information content (AvgIpc) is 3.09. The molecule has 0 saturated carbocycles. The van der Waals surface area contributed by atoms with Gasteiger partial charge in [-0.1, -0.05) is 12.1 Å². The molecule has 3 aromatic rings. The lowest BCUT2D eigenvalue weighted by molar-refractivity contribution is 0.0880. The van der Waals surface area contributed by atoms with Crippen molar-refractivity contribution in [1.82, 2.24) is 14.9 Å². The van der Waals surface area contributed by atoms with Gasteiger partial charge in [-0.3, -0.25) is 4.79 Å². The number of rotatable bonds is 6. The quantitative estimate of drug-likeness (QED) is 0.557. The van der Waals surface area contributed by atoms with Crippen LogP contribution in [0.5, 0.6) is 5.75 Å². The number of ether oxygens (including phenoxy) is 1. The maximum absolute atomic E-state index is 13.0. The Morgan fingerprint density at radius 2 is 1.88 bits per heavy atom. The zero-order valence-corrected chi connectivity index (χ0v) is 20.3. The molecular formula is C24H27N5O4S. The molecule has 0 spiro atoms. The monoisotopic (exact) mass is 481 g/mol. The second-order valence-corrected chi connectivity index (χ2v) is 10.6. The highest BCUT2D eigenvalue weighted by Crippen LogP contribution is 2.28. The maximum atomic E-state index is 13.0. The summed E-state index contributed by atoms with van der Waals surface area (Å²) in [6.07, 6.45) is 1.61. The molecule has 0 atom stereocenters. The van der Waals surface area contributed by atoms with Gasteiger partial charge in [0.1, 0.15) is 24.0 Å². The maximum Gasteiger partial charge on any atom is 0.259 e. The fourth-order valence-corrected chi connectivity index (χ4v) is 5.01. The summed E-state index contributed by atoms with van der Waals surface area (Å²) in [4.78, 5) is 17.4. The Bertz CT molecular complexity index is 1390. The fraction of sp³-hybridized carbons (Fsp3) is 0.292. The van der Waals surface area contributed by atoms with Crippen LogP contribution in [0.3, 0.4) is 0 Å². The van der Waals surface area contributed by atoms with E-state index in [-0.39, 0.29) is 24.1 Å². The first-order valence-corrected chi connectivity index (χ1v) is 12.3. The molecule has 9 nitrogen and oxygen atoms in total. The molecule has 0 fully saturated rings. The zero-order chi connectivity index (χ0) is 24.7. The number of aryl methyl sites for hydroxylation is 2. The second-order valence-electron chi connectivity index (χ2n) is 8.97. The number of pyridine rings is 1. The molecule has 1 amide bonds. The summed E-state index contributed by atoms with van der Waals surface area (Å²) in [5.74, 6) is 0.495. The van der Waals surface area contributed by atoms with Gasteiger partial charge in [-0.15, -0.1) is 4.40 Å². The van der Waals surface area contributed by atoms with E-state index in [9.17, 15) is 13.2 Å². The van der Waals surface area contributed by atoms with Crippen molar-refractivity contribution in [2.75, 3.05) is 6.61 Å². The molecular weight excluding hydrogens is 454 g/mol. The van der Waals surface area contributed by atoms with Crippen molar-refractivity contribution in [3.8, 4) is 11.6 Å². The number of nitrogens with one attached hydrogen (secondary N) is 1. The first-order chi connectivity index (χ1) is 16.0. The van der Waals surface area contributed by atoms with Crippen LogP contribution in [0.25, 0.3) is 5.82 Å². The Kier molecular flexibility index (Phi) is 5.94. The van der Waals surface area contributed by atoms with Crippen LogP contribution >= 0.6 is 0 Å². The first-order valence-electron chi connectivity index (χ1n) is 10.7. The van der Waals surface area contributed by atoms with Crippen molar-refractivity contribution in [3.63, 3.8) is 0 Å². The first kappa shape index (κ1) is 23.5. The minimum absolute atomic E-state index is 0.0985. The minimum atomic E-state index is -3.63. The van der Waals surface area contributed by atoms with Crippen LogP contribution in [0.2, 0.25) is 0 Å². The van der Waals surface area contributed by atoms with Gasteiger partial charge in [-0.2, -0.15) is 0 Å². The number of nitrogens with zero attached hydrogens (tertiary/aromatic N) is 3. The molecule has 0 aliphatic carbocycles. The van der Waals surface area contributed by atoms with E-state index in [1.54, 1.807) is 36.5 Å². The third-order valence-corrected chi connectivity index (χ3v) is 6.64. The number of aromatic nitrogens is 2. The van der Waals surface area contributed by atoms with E-state index in [0.717, 1.165) is 11.4 Å². The molecule has 178 valence electrons. The standard InChI is InChI=1S/C24H27N5O4S/c1-15-8-9-16(2)29(15)20-12-17(10-11-26-20)23(30)27-24(3,4)14-33-19-7-5-6-18-13-34(31,32)28-22(25)21(18)19/h5-12H,13-14H2,1-4H3,(H2,25,28)(H,27,30). The van der Waals surface area contributed by atoms with Crippen LogP contribution < -0.4 is 15.8 Å². The summed E-state index contributed by atoms with van der Waals surface area (Å²) in [5, 5.41) is 2.99. The highest BCUT2D eigenvalue weighted by Gasteiger charge is 2.27. The lowest BCUT2D eigenvalue weighted by Gasteiger charge is -2.27. The van der Waals surface area contributed by atoms with Crippen molar-refractivity contribution in [1.29, 1.82) is 0 Å². The predicted octanol–water partition coefficient (Wildman–Crippen LogP) is 2.63. The molecule has 0 unspecified atom stereocenters.